The van der Waals surface area contributed by atoms with Gasteiger partial charge in [-0.05, 0) is 18.6 Å². The molecule has 0 radical (unpaired) electrons. The molecule has 1 heterocycles. The van der Waals surface area contributed by atoms with Crippen molar-refractivity contribution in [2.24, 2.45) is 12.8 Å². The van der Waals surface area contributed by atoms with Crippen LogP contribution in [0, 0.1) is 6.92 Å². The van der Waals surface area contributed by atoms with Gasteiger partial charge in [0.15, 0.2) is 0 Å². The molecule has 2 N–H and O–H groups in total. The van der Waals surface area contributed by atoms with E-state index in [-0.39, 0.29) is 5.91 Å². The van der Waals surface area contributed by atoms with Crippen molar-refractivity contribution >= 4 is 5.91 Å². The van der Waals surface area contributed by atoms with Crippen LogP contribution in [0.3, 0.4) is 0 Å². The number of primary amides is 1. The molecule has 3 nitrogen and oxygen atoms in total. The highest BCUT2D eigenvalue weighted by atomic mass is 16.1. The number of carbonyl (C=O) groups excluding carboxylic acids is 1. The number of carbonyl (C=O) groups is 1. The van der Waals surface area contributed by atoms with Crippen LogP contribution in [0.5, 0.6) is 0 Å². The van der Waals surface area contributed by atoms with E-state index in [1.54, 1.807) is 0 Å². The van der Waals surface area contributed by atoms with E-state index in [4.69, 9.17) is 5.73 Å². The first kappa shape index (κ1) is 10.5. The molecule has 2 rings (SSSR count). The molecule has 2 aromatic rings. The smallest absolute Gasteiger partial charge is 0.250 e. The van der Waals surface area contributed by atoms with Gasteiger partial charge < -0.3 is 10.3 Å². The van der Waals surface area contributed by atoms with E-state index in [9.17, 15) is 4.79 Å². The van der Waals surface area contributed by atoms with Gasteiger partial charge in [-0.1, -0.05) is 30.3 Å². The first-order valence-corrected chi connectivity index (χ1v) is 5.13. The molecule has 16 heavy (non-hydrogen) atoms. The number of aromatic nitrogens is 1. The topological polar surface area (TPSA) is 48.0 Å². The average Bonchev–Trinajstić information content (AvgIpc) is 2.58. The number of benzene rings is 1. The average molecular weight is 214 g/mol. The highest BCUT2D eigenvalue weighted by Crippen LogP contribution is 2.24. The molecule has 1 aromatic carbocycles. The quantitative estimate of drug-likeness (QED) is 0.817. The summed E-state index contributed by atoms with van der Waals surface area (Å²) >= 11 is 0. The van der Waals surface area contributed by atoms with Crippen LogP contribution in [-0.4, -0.2) is 10.5 Å². The Morgan fingerprint density at radius 2 is 1.88 bits per heavy atom. The van der Waals surface area contributed by atoms with Crippen molar-refractivity contribution in [1.82, 2.24) is 4.57 Å². The van der Waals surface area contributed by atoms with Crippen molar-refractivity contribution in [3.05, 3.63) is 47.7 Å². The van der Waals surface area contributed by atoms with Crippen LogP contribution in [0.1, 0.15) is 16.1 Å². The summed E-state index contributed by atoms with van der Waals surface area (Å²) in [6.07, 6.45) is 0. The van der Waals surface area contributed by atoms with Gasteiger partial charge in [0.25, 0.3) is 5.91 Å². The highest BCUT2D eigenvalue weighted by molar-refractivity contribution is 5.95. The molecule has 0 bridgehead atoms. The highest BCUT2D eigenvalue weighted by Gasteiger charge is 2.13. The van der Waals surface area contributed by atoms with Gasteiger partial charge in [-0.25, -0.2) is 0 Å². The van der Waals surface area contributed by atoms with E-state index in [1.807, 2.05) is 54.9 Å². The van der Waals surface area contributed by atoms with Crippen molar-refractivity contribution in [2.45, 2.75) is 6.92 Å². The van der Waals surface area contributed by atoms with Crippen molar-refractivity contribution < 1.29 is 4.79 Å². The molecule has 0 aliphatic rings. The lowest BCUT2D eigenvalue weighted by molar-refractivity contribution is 0.0999. The fourth-order valence-corrected chi connectivity index (χ4v) is 1.83. The normalized spacial score (nSPS) is 10.4. The van der Waals surface area contributed by atoms with E-state index >= 15 is 0 Å². The number of hydrogen-bond donors (Lipinski definition) is 1. The molecule has 1 amide bonds. The molecule has 82 valence electrons. The SMILES string of the molecule is Cc1c(C(N)=O)cc(-c2ccccc2)n1C. The van der Waals surface area contributed by atoms with E-state index in [0.717, 1.165) is 17.0 Å². The Hall–Kier alpha value is -2.03. The van der Waals surface area contributed by atoms with Gasteiger partial charge in [-0.3, -0.25) is 4.79 Å². The van der Waals surface area contributed by atoms with Gasteiger partial charge in [0.05, 0.1) is 5.56 Å². The summed E-state index contributed by atoms with van der Waals surface area (Å²) in [6.45, 7) is 1.90. The third kappa shape index (κ3) is 1.60. The molecule has 0 spiro atoms. The predicted octanol–water partition coefficient (Wildman–Crippen LogP) is 2.10. The van der Waals surface area contributed by atoms with Gasteiger partial charge >= 0.3 is 0 Å². The van der Waals surface area contributed by atoms with Gasteiger partial charge in [-0.15, -0.1) is 0 Å². The fraction of sp³-hybridized carbons (Fsp3) is 0.154. The summed E-state index contributed by atoms with van der Waals surface area (Å²) in [5, 5.41) is 0. The number of amides is 1. The number of hydrogen-bond acceptors (Lipinski definition) is 1. The summed E-state index contributed by atoms with van der Waals surface area (Å²) in [4.78, 5) is 11.2. The van der Waals surface area contributed by atoms with Crippen molar-refractivity contribution in [1.29, 1.82) is 0 Å². The Kier molecular flexibility index (Phi) is 2.52. The molecule has 0 saturated heterocycles. The summed E-state index contributed by atoms with van der Waals surface area (Å²) in [6, 6.07) is 11.8. The monoisotopic (exact) mass is 214 g/mol. The number of nitrogens with two attached hydrogens (primary N) is 1. The first-order valence-electron chi connectivity index (χ1n) is 5.13. The Morgan fingerprint density at radius 1 is 1.25 bits per heavy atom. The van der Waals surface area contributed by atoms with Gasteiger partial charge in [0.2, 0.25) is 0 Å². The maximum Gasteiger partial charge on any atom is 0.250 e. The Balaban J connectivity index is 2.60. The molecular formula is C13H14N2O. The lowest BCUT2D eigenvalue weighted by Crippen LogP contribution is -2.11. The van der Waals surface area contributed by atoms with Crippen LogP contribution >= 0.6 is 0 Å². The number of nitrogens with zero attached hydrogens (tertiary/aromatic N) is 1. The molecule has 0 saturated carbocycles. The summed E-state index contributed by atoms with van der Waals surface area (Å²) in [5.41, 5.74) is 8.89. The molecular weight excluding hydrogens is 200 g/mol. The van der Waals surface area contributed by atoms with Crippen LogP contribution in [0.2, 0.25) is 0 Å². The second-order valence-corrected chi connectivity index (χ2v) is 3.82. The third-order valence-corrected chi connectivity index (χ3v) is 2.87. The van der Waals surface area contributed by atoms with Gasteiger partial charge in [0, 0.05) is 18.4 Å². The van der Waals surface area contributed by atoms with Gasteiger partial charge in [-0.2, -0.15) is 0 Å². The first-order chi connectivity index (χ1) is 7.61. The molecule has 3 heteroatoms. The van der Waals surface area contributed by atoms with Crippen molar-refractivity contribution in [3.63, 3.8) is 0 Å². The maximum absolute atomic E-state index is 11.2. The van der Waals surface area contributed by atoms with Crippen LogP contribution < -0.4 is 5.73 Å². The van der Waals surface area contributed by atoms with Crippen molar-refractivity contribution in [2.75, 3.05) is 0 Å². The minimum atomic E-state index is -0.379. The van der Waals surface area contributed by atoms with Crippen LogP contribution in [0.15, 0.2) is 36.4 Å². The minimum absolute atomic E-state index is 0.379. The summed E-state index contributed by atoms with van der Waals surface area (Å²) in [5.74, 6) is -0.379. The van der Waals surface area contributed by atoms with E-state index in [1.165, 1.54) is 0 Å². The zero-order valence-electron chi connectivity index (χ0n) is 9.40. The Labute approximate surface area is 94.5 Å². The Morgan fingerprint density at radius 3 is 2.38 bits per heavy atom. The molecule has 0 unspecified atom stereocenters. The van der Waals surface area contributed by atoms with Gasteiger partial charge in [0.1, 0.15) is 0 Å². The second-order valence-electron chi connectivity index (χ2n) is 3.82. The van der Waals surface area contributed by atoms with Crippen molar-refractivity contribution in [3.8, 4) is 11.3 Å². The predicted molar refractivity (Wildman–Crippen MR) is 64.1 cm³/mol. The zero-order valence-corrected chi connectivity index (χ0v) is 9.40. The number of rotatable bonds is 2. The minimum Gasteiger partial charge on any atom is -0.366 e. The maximum atomic E-state index is 11.2. The molecule has 1 aromatic heterocycles. The lowest BCUT2D eigenvalue weighted by atomic mass is 10.1. The van der Waals surface area contributed by atoms with E-state index < -0.39 is 0 Å². The molecule has 0 aliphatic heterocycles. The zero-order chi connectivity index (χ0) is 11.7. The standard InChI is InChI=1S/C13H14N2O/c1-9-11(13(14)16)8-12(15(9)2)10-6-4-3-5-7-10/h3-8H,1-2H3,(H2,14,16). The van der Waals surface area contributed by atoms with Crippen LogP contribution in [0.4, 0.5) is 0 Å². The molecule has 0 atom stereocenters. The summed E-state index contributed by atoms with van der Waals surface area (Å²) < 4.78 is 1.98. The lowest BCUT2D eigenvalue weighted by Gasteiger charge is -2.04. The molecule has 0 fully saturated rings. The fourth-order valence-electron chi connectivity index (χ4n) is 1.83. The van der Waals surface area contributed by atoms with E-state index in [0.29, 0.717) is 5.56 Å². The largest absolute Gasteiger partial charge is 0.366 e. The Bertz CT molecular complexity index is 526. The third-order valence-electron chi connectivity index (χ3n) is 2.87. The molecule has 0 aliphatic carbocycles. The van der Waals surface area contributed by atoms with E-state index in [2.05, 4.69) is 0 Å². The van der Waals surface area contributed by atoms with Crippen LogP contribution in [0.25, 0.3) is 11.3 Å². The summed E-state index contributed by atoms with van der Waals surface area (Å²) in [7, 11) is 1.93. The second kappa shape index (κ2) is 3.85. The van der Waals surface area contributed by atoms with Crippen LogP contribution in [-0.2, 0) is 7.05 Å².